The normalized spacial score (nSPS) is 9.93. The van der Waals surface area contributed by atoms with Crippen LogP contribution in [0.5, 0.6) is 0 Å². The molecule has 0 bridgehead atoms. The van der Waals surface area contributed by atoms with Gasteiger partial charge in [-0.25, -0.2) is 4.98 Å². The smallest absolute Gasteiger partial charge is 0.178 e. The second-order valence-corrected chi connectivity index (χ2v) is 3.47. The van der Waals surface area contributed by atoms with Crippen LogP contribution in [0.1, 0.15) is 5.69 Å². The monoisotopic (exact) mass is 217 g/mol. The maximum Gasteiger partial charge on any atom is 0.178 e. The first-order chi connectivity index (χ1) is 7.24. The largest absolute Gasteiger partial charge is 0.317 e. The zero-order valence-corrected chi connectivity index (χ0v) is 8.86. The Hall–Kier alpha value is -1.79. The number of hydrogen-bond acceptors (Lipinski definition) is 2. The van der Waals surface area contributed by atoms with E-state index in [9.17, 15) is 0 Å². The molecule has 0 atom stereocenters. The van der Waals surface area contributed by atoms with Crippen molar-refractivity contribution in [2.24, 2.45) is 7.05 Å². The van der Waals surface area contributed by atoms with Gasteiger partial charge in [0, 0.05) is 12.6 Å². The molecule has 1 aromatic heterocycles. The molecule has 0 aliphatic heterocycles. The Labute approximate surface area is 92.6 Å². The first-order valence-corrected chi connectivity index (χ1v) is 4.79. The number of rotatable bonds is 1. The molecule has 1 heterocycles. The van der Waals surface area contributed by atoms with E-state index in [1.165, 1.54) is 0 Å². The van der Waals surface area contributed by atoms with Gasteiger partial charge in [-0.3, -0.25) is 0 Å². The molecule has 4 heteroatoms. The summed E-state index contributed by atoms with van der Waals surface area (Å²) in [6.07, 6.45) is 0. The van der Waals surface area contributed by atoms with Crippen molar-refractivity contribution < 1.29 is 0 Å². The van der Waals surface area contributed by atoms with E-state index in [4.69, 9.17) is 16.9 Å². The Bertz CT molecular complexity index is 523. The molecule has 0 spiro atoms. The predicted molar refractivity (Wildman–Crippen MR) is 58.4 cm³/mol. The van der Waals surface area contributed by atoms with E-state index in [2.05, 4.69) is 4.98 Å². The predicted octanol–water partition coefficient (Wildman–Crippen LogP) is 2.61. The highest BCUT2D eigenvalue weighted by Gasteiger charge is 2.13. The molecule has 0 N–H and O–H groups in total. The molecule has 74 valence electrons. The molecule has 0 amide bonds. The summed E-state index contributed by atoms with van der Waals surface area (Å²) in [4.78, 5) is 4.17. The summed E-state index contributed by atoms with van der Waals surface area (Å²) in [6, 6.07) is 11.6. The first-order valence-electron chi connectivity index (χ1n) is 4.41. The van der Waals surface area contributed by atoms with Gasteiger partial charge in [0.1, 0.15) is 17.0 Å². The van der Waals surface area contributed by atoms with Crippen molar-refractivity contribution >= 4 is 11.6 Å². The van der Waals surface area contributed by atoms with E-state index in [0.29, 0.717) is 11.0 Å². The molecule has 0 aliphatic rings. The van der Waals surface area contributed by atoms with Crippen LogP contribution in [-0.2, 0) is 7.05 Å². The van der Waals surface area contributed by atoms with Crippen LogP contribution in [0.25, 0.3) is 11.4 Å². The Morgan fingerprint density at radius 1 is 1.33 bits per heavy atom. The van der Waals surface area contributed by atoms with Gasteiger partial charge in [-0.15, -0.1) is 0 Å². The number of aromatic nitrogens is 2. The van der Waals surface area contributed by atoms with Gasteiger partial charge in [0.2, 0.25) is 0 Å². The van der Waals surface area contributed by atoms with Gasteiger partial charge in [0.15, 0.2) is 5.69 Å². The van der Waals surface area contributed by atoms with Gasteiger partial charge in [-0.1, -0.05) is 41.9 Å². The topological polar surface area (TPSA) is 41.6 Å². The molecule has 0 unspecified atom stereocenters. The van der Waals surface area contributed by atoms with Crippen LogP contribution < -0.4 is 0 Å². The van der Waals surface area contributed by atoms with Crippen molar-refractivity contribution in [3.8, 4) is 17.5 Å². The summed E-state index contributed by atoms with van der Waals surface area (Å²) in [5.41, 5.74) is 1.21. The number of imidazole rings is 1. The van der Waals surface area contributed by atoms with Crippen LogP contribution in [0, 0.1) is 11.3 Å². The fourth-order valence-corrected chi connectivity index (χ4v) is 1.56. The van der Waals surface area contributed by atoms with Gasteiger partial charge in [-0.05, 0) is 0 Å². The molecule has 0 saturated heterocycles. The maximum absolute atomic E-state index is 8.79. The molecule has 2 rings (SSSR count). The zero-order chi connectivity index (χ0) is 10.8. The van der Waals surface area contributed by atoms with Gasteiger partial charge >= 0.3 is 0 Å². The average molecular weight is 218 g/mol. The van der Waals surface area contributed by atoms with Crippen LogP contribution in [0.15, 0.2) is 30.3 Å². The summed E-state index contributed by atoms with van der Waals surface area (Å²) in [5.74, 6) is 0.706. The lowest BCUT2D eigenvalue weighted by atomic mass is 10.2. The van der Waals surface area contributed by atoms with Crippen molar-refractivity contribution in [2.45, 2.75) is 0 Å². The molecular formula is C11H8ClN3. The van der Waals surface area contributed by atoms with Crippen molar-refractivity contribution in [1.82, 2.24) is 9.55 Å². The van der Waals surface area contributed by atoms with Gasteiger partial charge < -0.3 is 4.57 Å². The van der Waals surface area contributed by atoms with Crippen LogP contribution in [-0.4, -0.2) is 9.55 Å². The lowest BCUT2D eigenvalue weighted by Gasteiger charge is -2.00. The van der Waals surface area contributed by atoms with E-state index >= 15 is 0 Å². The van der Waals surface area contributed by atoms with Gasteiger partial charge in [-0.2, -0.15) is 5.26 Å². The molecule has 15 heavy (non-hydrogen) atoms. The lowest BCUT2D eigenvalue weighted by molar-refractivity contribution is 0.925. The fourth-order valence-electron chi connectivity index (χ4n) is 1.40. The lowest BCUT2D eigenvalue weighted by Crippen LogP contribution is -1.91. The summed E-state index contributed by atoms with van der Waals surface area (Å²) >= 11 is 5.94. The Morgan fingerprint density at radius 2 is 2.00 bits per heavy atom. The van der Waals surface area contributed by atoms with Gasteiger partial charge in [0.05, 0.1) is 0 Å². The first kappa shape index (κ1) is 9.75. The fraction of sp³-hybridized carbons (Fsp3) is 0.0909. The quantitative estimate of drug-likeness (QED) is 0.737. The third-order valence-electron chi connectivity index (χ3n) is 2.16. The van der Waals surface area contributed by atoms with E-state index in [1.54, 1.807) is 11.6 Å². The Kier molecular flexibility index (Phi) is 2.44. The molecule has 0 radical (unpaired) electrons. The van der Waals surface area contributed by atoms with E-state index < -0.39 is 0 Å². The standard InChI is InChI=1S/C11H8ClN3/c1-15-10(12)9(7-13)14-11(15)8-5-3-2-4-6-8/h2-6H,1H3. The summed E-state index contributed by atoms with van der Waals surface area (Å²) in [6.45, 7) is 0. The highest BCUT2D eigenvalue weighted by atomic mass is 35.5. The minimum atomic E-state index is 0.262. The second kappa shape index (κ2) is 3.76. The molecule has 0 aliphatic carbocycles. The van der Waals surface area contributed by atoms with E-state index in [-0.39, 0.29) is 5.69 Å². The van der Waals surface area contributed by atoms with Crippen molar-refractivity contribution in [3.63, 3.8) is 0 Å². The Morgan fingerprint density at radius 3 is 2.53 bits per heavy atom. The maximum atomic E-state index is 8.79. The van der Waals surface area contributed by atoms with Crippen molar-refractivity contribution in [3.05, 3.63) is 41.2 Å². The average Bonchev–Trinajstić information content (AvgIpc) is 2.57. The summed E-state index contributed by atoms with van der Waals surface area (Å²) in [5, 5.41) is 9.16. The van der Waals surface area contributed by atoms with Crippen LogP contribution >= 0.6 is 11.6 Å². The number of nitriles is 1. The van der Waals surface area contributed by atoms with Crippen LogP contribution in [0.4, 0.5) is 0 Å². The third kappa shape index (κ3) is 1.60. The molecular weight excluding hydrogens is 210 g/mol. The number of hydrogen-bond donors (Lipinski definition) is 0. The summed E-state index contributed by atoms with van der Waals surface area (Å²) < 4.78 is 1.70. The molecule has 3 nitrogen and oxygen atoms in total. The van der Waals surface area contributed by atoms with Gasteiger partial charge in [0.25, 0.3) is 0 Å². The third-order valence-corrected chi connectivity index (χ3v) is 2.60. The molecule has 1 aromatic carbocycles. The molecule has 2 aromatic rings. The number of nitrogens with zero attached hydrogens (tertiary/aromatic N) is 3. The van der Waals surface area contributed by atoms with Crippen LogP contribution in [0.2, 0.25) is 5.15 Å². The number of benzene rings is 1. The highest BCUT2D eigenvalue weighted by Crippen LogP contribution is 2.23. The summed E-state index contributed by atoms with van der Waals surface area (Å²) in [7, 11) is 1.79. The SMILES string of the molecule is Cn1c(-c2ccccc2)nc(C#N)c1Cl. The second-order valence-electron chi connectivity index (χ2n) is 3.11. The highest BCUT2D eigenvalue weighted by molar-refractivity contribution is 6.30. The molecule has 0 fully saturated rings. The van der Waals surface area contributed by atoms with E-state index in [1.807, 2.05) is 36.4 Å². The zero-order valence-electron chi connectivity index (χ0n) is 8.11. The minimum Gasteiger partial charge on any atom is -0.317 e. The Balaban J connectivity index is 2.61. The van der Waals surface area contributed by atoms with E-state index in [0.717, 1.165) is 5.56 Å². The van der Waals surface area contributed by atoms with Crippen molar-refractivity contribution in [1.29, 1.82) is 5.26 Å². The molecule has 0 saturated carbocycles. The van der Waals surface area contributed by atoms with Crippen molar-refractivity contribution in [2.75, 3.05) is 0 Å². The van der Waals surface area contributed by atoms with Crippen LogP contribution in [0.3, 0.4) is 0 Å². The minimum absolute atomic E-state index is 0.262. The number of halogens is 1.